The molecule has 4 heterocycles. The zero-order chi connectivity index (χ0) is 28.2. The highest BCUT2D eigenvalue weighted by molar-refractivity contribution is 7.14. The predicted molar refractivity (Wildman–Crippen MR) is 138 cm³/mol. The summed E-state index contributed by atoms with van der Waals surface area (Å²) in [7, 11) is 0. The van der Waals surface area contributed by atoms with E-state index in [0.717, 1.165) is 17.4 Å². The third kappa shape index (κ3) is 4.07. The van der Waals surface area contributed by atoms with Gasteiger partial charge in [-0.2, -0.15) is 10.7 Å². The van der Waals surface area contributed by atoms with E-state index in [1.165, 1.54) is 20.9 Å². The molecule has 2 atom stereocenters. The largest absolute Gasteiger partial charge is 0.389 e. The number of fused-ring (bicyclic) bond motifs is 1. The molecule has 2 amide bonds. The molecule has 5 rings (SSSR count). The number of anilines is 2. The predicted octanol–water partition coefficient (Wildman–Crippen LogP) is 2.27. The number of hydrogen-bond donors (Lipinski definition) is 2. The number of allylic oxidation sites excluding steroid dienone is 1. The van der Waals surface area contributed by atoms with Crippen molar-refractivity contribution in [2.75, 3.05) is 36.9 Å². The summed E-state index contributed by atoms with van der Waals surface area (Å²) in [5.41, 5.74) is 7.91. The number of carbonyl (C=O) groups excluding carboxylic acids is 2. The molecule has 3 N–H and O–H groups in total. The Bertz CT molecular complexity index is 1610. The Labute approximate surface area is 224 Å². The van der Waals surface area contributed by atoms with Crippen molar-refractivity contribution in [3.05, 3.63) is 68.9 Å². The number of nitrogen functional groups attached to an aromatic ring is 1. The first-order chi connectivity index (χ1) is 18.6. The van der Waals surface area contributed by atoms with Crippen LogP contribution in [0.15, 0.2) is 31.1 Å². The van der Waals surface area contributed by atoms with Crippen molar-refractivity contribution in [1.82, 2.24) is 15.2 Å². The molecule has 1 aromatic heterocycles. The highest BCUT2D eigenvalue weighted by atomic mass is 32.1. The van der Waals surface area contributed by atoms with Crippen LogP contribution in [-0.2, 0) is 4.79 Å². The fourth-order valence-electron chi connectivity index (χ4n) is 5.49. The molecular formula is C26H22F4N6O2S. The van der Waals surface area contributed by atoms with E-state index in [2.05, 4.69) is 18.6 Å². The number of nitriles is 1. The number of nitrogens with zero attached hydrogens (tertiary/aromatic N) is 4. The molecule has 1 aromatic carbocycles. The van der Waals surface area contributed by atoms with Crippen molar-refractivity contribution in [1.29, 1.82) is 5.26 Å². The van der Waals surface area contributed by atoms with Crippen LogP contribution in [0.2, 0.25) is 0 Å². The van der Waals surface area contributed by atoms with E-state index < -0.39 is 35.8 Å². The smallest absolute Gasteiger partial charge is 0.282 e. The summed E-state index contributed by atoms with van der Waals surface area (Å²) in [5.74, 6) is -3.53. The number of carbonyl (C=O) groups is 2. The summed E-state index contributed by atoms with van der Waals surface area (Å²) in [5, 5.41) is 11.0. The first kappa shape index (κ1) is 26.5. The van der Waals surface area contributed by atoms with E-state index in [9.17, 15) is 23.6 Å². The van der Waals surface area contributed by atoms with Gasteiger partial charge in [-0.3, -0.25) is 9.59 Å². The van der Waals surface area contributed by atoms with Gasteiger partial charge in [-0.05, 0) is 18.1 Å². The monoisotopic (exact) mass is 558 g/mol. The Balaban J connectivity index is 1.70. The minimum atomic E-state index is -1.95. The Morgan fingerprint density at radius 1 is 1.33 bits per heavy atom. The Morgan fingerprint density at radius 2 is 2.08 bits per heavy atom. The lowest BCUT2D eigenvalue weighted by atomic mass is 9.91. The molecule has 202 valence electrons. The Morgan fingerprint density at radius 3 is 2.72 bits per heavy atom. The van der Waals surface area contributed by atoms with Gasteiger partial charge >= 0.3 is 0 Å². The number of hydrazine groups is 1. The van der Waals surface area contributed by atoms with E-state index in [1.807, 2.05) is 6.07 Å². The number of alkyl halides is 1. The van der Waals surface area contributed by atoms with Crippen molar-refractivity contribution < 1.29 is 27.2 Å². The molecule has 0 bridgehead atoms. The molecule has 3 aliphatic heterocycles. The second kappa shape index (κ2) is 9.87. The lowest BCUT2D eigenvalue weighted by molar-refractivity contribution is -0.131. The van der Waals surface area contributed by atoms with Crippen molar-refractivity contribution in [3.8, 4) is 6.07 Å². The van der Waals surface area contributed by atoms with Crippen LogP contribution in [-0.4, -0.2) is 53.8 Å². The maximum Gasteiger partial charge on any atom is 0.282 e. The summed E-state index contributed by atoms with van der Waals surface area (Å²) >= 11 is 0.782. The minimum Gasteiger partial charge on any atom is -0.389 e. The highest BCUT2D eigenvalue weighted by Gasteiger charge is 2.43. The fraction of sp³-hybridized carbons (Fsp3) is 0.269. The number of hydrogen-bond acceptors (Lipinski definition) is 7. The average Bonchev–Trinajstić information content (AvgIpc) is 3.42. The molecule has 8 nitrogen and oxygen atoms in total. The van der Waals surface area contributed by atoms with Gasteiger partial charge < -0.3 is 20.5 Å². The quantitative estimate of drug-likeness (QED) is 0.340. The Kier molecular flexibility index (Phi) is 6.69. The van der Waals surface area contributed by atoms with E-state index in [-0.39, 0.29) is 87.2 Å². The van der Waals surface area contributed by atoms with Gasteiger partial charge in [0.1, 0.15) is 23.2 Å². The van der Waals surface area contributed by atoms with Crippen LogP contribution in [0.3, 0.4) is 0 Å². The van der Waals surface area contributed by atoms with Crippen molar-refractivity contribution in [2.24, 2.45) is 0 Å². The maximum absolute atomic E-state index is 15.9. The summed E-state index contributed by atoms with van der Waals surface area (Å²) < 4.78 is 58.8. The molecule has 13 heteroatoms. The topological polar surface area (TPSA) is 106 Å². The van der Waals surface area contributed by atoms with Crippen LogP contribution < -0.4 is 25.9 Å². The molecule has 3 aliphatic rings. The van der Waals surface area contributed by atoms with Crippen LogP contribution in [0.4, 0.5) is 28.3 Å². The Hall–Kier alpha value is -4.15. The molecular weight excluding hydrogens is 536 g/mol. The van der Waals surface area contributed by atoms with Crippen LogP contribution >= 0.6 is 11.3 Å². The molecule has 0 saturated carbocycles. The van der Waals surface area contributed by atoms with Gasteiger partial charge in [0.05, 0.1) is 27.4 Å². The number of halogens is 4. The van der Waals surface area contributed by atoms with Crippen LogP contribution in [0.5, 0.6) is 0 Å². The van der Waals surface area contributed by atoms with Crippen LogP contribution in [0.1, 0.15) is 39.8 Å². The number of thiophene rings is 1. The van der Waals surface area contributed by atoms with Gasteiger partial charge in [0.2, 0.25) is 0 Å². The molecule has 1 fully saturated rings. The van der Waals surface area contributed by atoms with E-state index in [1.54, 1.807) is 0 Å². The van der Waals surface area contributed by atoms with Crippen molar-refractivity contribution in [2.45, 2.75) is 18.8 Å². The summed E-state index contributed by atoms with van der Waals surface area (Å²) in [6.45, 7) is 7.05. The SMILES string of the molecule is C=C/C(c1c(F)cc2c3c1C(F)NN3CC[C@H]1CN(C(=O)C(=C)F)CCN1C2=O)=c1/c(C#N)c(N)s/c1=C\F. The van der Waals surface area contributed by atoms with Crippen molar-refractivity contribution >= 4 is 45.7 Å². The third-order valence-corrected chi connectivity index (χ3v) is 8.11. The molecule has 1 saturated heterocycles. The fourth-order valence-corrected chi connectivity index (χ4v) is 6.33. The number of piperazine rings is 1. The number of nitrogens with two attached hydrogens (primary N) is 1. The van der Waals surface area contributed by atoms with Gasteiger partial charge in [-0.1, -0.05) is 19.2 Å². The third-order valence-electron chi connectivity index (χ3n) is 7.18. The van der Waals surface area contributed by atoms with E-state index in [4.69, 9.17) is 5.73 Å². The molecule has 0 aliphatic carbocycles. The number of benzene rings is 1. The van der Waals surface area contributed by atoms with Gasteiger partial charge in [-0.25, -0.2) is 17.6 Å². The minimum absolute atomic E-state index is 0.00515. The van der Waals surface area contributed by atoms with E-state index in [0.29, 0.717) is 0 Å². The number of nitrogens with one attached hydrogen (secondary N) is 1. The summed E-state index contributed by atoms with van der Waals surface area (Å²) in [4.78, 5) is 28.6. The number of rotatable bonds is 3. The molecule has 2 aromatic rings. The zero-order valence-corrected chi connectivity index (χ0v) is 21.3. The summed E-state index contributed by atoms with van der Waals surface area (Å²) in [6.07, 6.45) is -0.232. The first-order valence-electron chi connectivity index (χ1n) is 11.9. The second-order valence-corrected chi connectivity index (χ2v) is 10.3. The normalized spacial score (nSPS) is 21.6. The molecule has 1 unspecified atom stereocenters. The first-order valence-corrected chi connectivity index (χ1v) is 12.7. The van der Waals surface area contributed by atoms with Gasteiger partial charge in [0.25, 0.3) is 11.8 Å². The molecule has 0 spiro atoms. The van der Waals surface area contributed by atoms with Crippen LogP contribution in [0.25, 0.3) is 11.9 Å². The van der Waals surface area contributed by atoms with Crippen LogP contribution in [0, 0.1) is 17.1 Å². The molecule has 0 radical (unpaired) electrons. The molecule has 39 heavy (non-hydrogen) atoms. The standard InChI is InChI=1S/C26H22F4N6O2S/c1-3-14(19-16(10-31)24(32)39-18(19)9-27)20-17(29)8-15-22-21(20)23(30)33-36(22)5-4-13-11-34(25(37)12(2)28)6-7-35(13)26(15)38/h3,8-9,13,23,33H,1-2,4-7,11,32H2/b18-9-,19-14+/t13-,23?/m0/s1. The average molecular weight is 559 g/mol. The number of amides is 2. The highest BCUT2D eigenvalue weighted by Crippen LogP contribution is 2.44. The van der Waals surface area contributed by atoms with Crippen molar-refractivity contribution in [3.63, 3.8) is 0 Å². The summed E-state index contributed by atoms with van der Waals surface area (Å²) in [6, 6.07) is 2.34. The lowest BCUT2D eigenvalue weighted by Gasteiger charge is -2.43. The van der Waals surface area contributed by atoms with Gasteiger partial charge in [0, 0.05) is 42.5 Å². The zero-order valence-electron chi connectivity index (χ0n) is 20.4. The second-order valence-electron chi connectivity index (χ2n) is 9.20. The van der Waals surface area contributed by atoms with Gasteiger partial charge in [-0.15, -0.1) is 11.3 Å². The van der Waals surface area contributed by atoms with Gasteiger partial charge in [0.15, 0.2) is 12.1 Å². The van der Waals surface area contributed by atoms with E-state index >= 15 is 8.78 Å². The maximum atomic E-state index is 15.9. The lowest BCUT2D eigenvalue weighted by Crippen LogP contribution is -2.58.